The maximum Gasteiger partial charge on any atom is 0.0543 e. The normalized spacial score (nSPS) is 9.97. The molecular formula is C26H34AuCl2N4-2. The van der Waals surface area contributed by atoms with Gasteiger partial charge in [-0.3, -0.25) is 9.88 Å². The van der Waals surface area contributed by atoms with Crippen LogP contribution in [0.15, 0.2) is 60.8 Å². The van der Waals surface area contributed by atoms with Crippen LogP contribution in [0.2, 0.25) is 0 Å². The number of hydrogen-bond acceptors (Lipinski definition) is 4. The first-order valence-electron chi connectivity index (χ1n) is 10.8. The Morgan fingerprint density at radius 1 is 0.667 bits per heavy atom. The van der Waals surface area contributed by atoms with Crippen molar-refractivity contribution in [2.75, 3.05) is 36.8 Å². The summed E-state index contributed by atoms with van der Waals surface area (Å²) in [7, 11) is 0. The molecule has 0 spiro atoms. The Hall–Kier alpha value is -1.53. The molecule has 3 aromatic rings. The molecule has 3 rings (SSSR count). The predicted molar refractivity (Wildman–Crippen MR) is 128 cm³/mol. The molecule has 0 unspecified atom stereocenters. The molecule has 0 aliphatic rings. The fourth-order valence-electron chi connectivity index (χ4n) is 3.86. The Bertz CT molecular complexity index is 856. The number of nitrogens with zero attached hydrogens (tertiary/aromatic N) is 2. The van der Waals surface area contributed by atoms with Crippen molar-refractivity contribution in [3.05, 3.63) is 88.7 Å². The van der Waals surface area contributed by atoms with E-state index in [1.807, 2.05) is 12.3 Å². The largest absolute Gasteiger partial charge is 1.00 e. The van der Waals surface area contributed by atoms with Crippen LogP contribution in [0.5, 0.6) is 0 Å². The van der Waals surface area contributed by atoms with Crippen LogP contribution < -0.4 is 35.4 Å². The van der Waals surface area contributed by atoms with Gasteiger partial charge >= 0.3 is 0 Å². The summed E-state index contributed by atoms with van der Waals surface area (Å²) in [5.74, 6) is 0. The molecule has 7 heteroatoms. The van der Waals surface area contributed by atoms with Crippen LogP contribution in [0, 0.1) is 27.7 Å². The van der Waals surface area contributed by atoms with Crippen molar-refractivity contribution in [1.29, 1.82) is 0 Å². The molecule has 0 fully saturated rings. The van der Waals surface area contributed by atoms with Gasteiger partial charge in [0.1, 0.15) is 0 Å². The van der Waals surface area contributed by atoms with Gasteiger partial charge in [-0.25, -0.2) is 0 Å². The van der Waals surface area contributed by atoms with Gasteiger partial charge in [0.2, 0.25) is 0 Å². The smallest absolute Gasteiger partial charge is 0.0543 e. The summed E-state index contributed by atoms with van der Waals surface area (Å²) in [6, 6.07) is 19.0. The van der Waals surface area contributed by atoms with Gasteiger partial charge in [-0.2, -0.15) is 0 Å². The number of pyridine rings is 1. The first kappa shape index (κ1) is 31.5. The average molecular weight is 670 g/mol. The average Bonchev–Trinajstić information content (AvgIpc) is 2.73. The molecule has 1 heterocycles. The number of anilines is 2. The van der Waals surface area contributed by atoms with Crippen molar-refractivity contribution in [2.24, 2.45) is 0 Å². The second-order valence-electron chi connectivity index (χ2n) is 7.98. The summed E-state index contributed by atoms with van der Waals surface area (Å²) in [5, 5.41) is 7.28. The van der Waals surface area contributed by atoms with Crippen molar-refractivity contribution >= 4 is 11.4 Å². The van der Waals surface area contributed by atoms with Gasteiger partial charge < -0.3 is 35.4 Å². The predicted octanol–water partition coefficient (Wildman–Crippen LogP) is -0.653. The van der Waals surface area contributed by atoms with Crippen molar-refractivity contribution in [3.63, 3.8) is 0 Å². The monoisotopic (exact) mass is 669 g/mol. The summed E-state index contributed by atoms with van der Waals surface area (Å²) in [6.45, 7) is 13.2. The van der Waals surface area contributed by atoms with E-state index in [2.05, 4.69) is 96.7 Å². The zero-order valence-electron chi connectivity index (χ0n) is 19.8. The molecule has 33 heavy (non-hydrogen) atoms. The fourth-order valence-corrected chi connectivity index (χ4v) is 3.86. The van der Waals surface area contributed by atoms with Crippen LogP contribution >= 0.6 is 0 Å². The molecule has 1 aromatic heterocycles. The number of para-hydroxylation sites is 2. The third-order valence-electron chi connectivity index (χ3n) is 5.53. The number of hydrogen-bond donors (Lipinski definition) is 2. The van der Waals surface area contributed by atoms with E-state index in [9.17, 15) is 0 Å². The van der Waals surface area contributed by atoms with E-state index in [1.165, 1.54) is 33.6 Å². The minimum Gasteiger partial charge on any atom is -1.00 e. The molecular weight excluding hydrogens is 636 g/mol. The van der Waals surface area contributed by atoms with E-state index < -0.39 is 0 Å². The molecule has 0 amide bonds. The topological polar surface area (TPSA) is 40.2 Å². The quantitative estimate of drug-likeness (QED) is 0.282. The number of aryl methyl sites for hydroxylation is 4. The number of aromatic nitrogens is 1. The Kier molecular flexibility index (Phi) is 15.4. The van der Waals surface area contributed by atoms with E-state index in [0.717, 1.165) is 38.4 Å². The molecule has 0 saturated carbocycles. The van der Waals surface area contributed by atoms with Crippen LogP contribution in [0.1, 0.15) is 27.9 Å². The maximum absolute atomic E-state index is 4.53. The van der Waals surface area contributed by atoms with Gasteiger partial charge in [0.05, 0.1) is 5.69 Å². The second-order valence-corrected chi connectivity index (χ2v) is 7.98. The summed E-state index contributed by atoms with van der Waals surface area (Å²) in [5.41, 5.74) is 8.79. The van der Waals surface area contributed by atoms with Gasteiger partial charge in [0.15, 0.2) is 0 Å². The van der Waals surface area contributed by atoms with Crippen LogP contribution in [0.3, 0.4) is 0 Å². The van der Waals surface area contributed by atoms with Gasteiger partial charge in [0, 0.05) is 72.7 Å². The van der Waals surface area contributed by atoms with Crippen LogP contribution in [-0.2, 0) is 28.9 Å². The zero-order chi connectivity index (χ0) is 21.3. The van der Waals surface area contributed by atoms with Crippen molar-refractivity contribution in [2.45, 2.75) is 34.2 Å². The molecule has 4 nitrogen and oxygen atoms in total. The minimum atomic E-state index is 0. The van der Waals surface area contributed by atoms with E-state index >= 15 is 0 Å². The summed E-state index contributed by atoms with van der Waals surface area (Å²) in [6.07, 6.45) is 1.87. The Labute approximate surface area is 227 Å². The molecule has 185 valence electrons. The third-order valence-corrected chi connectivity index (χ3v) is 5.53. The first-order chi connectivity index (χ1) is 14.5. The van der Waals surface area contributed by atoms with Crippen LogP contribution in [0.25, 0.3) is 0 Å². The third kappa shape index (κ3) is 9.70. The van der Waals surface area contributed by atoms with Crippen molar-refractivity contribution < 1.29 is 47.2 Å². The fraction of sp³-hybridized carbons (Fsp3) is 0.346. The Balaban J connectivity index is 0.00000341. The van der Waals surface area contributed by atoms with Crippen molar-refractivity contribution in [1.82, 2.24) is 9.88 Å². The summed E-state index contributed by atoms with van der Waals surface area (Å²) in [4.78, 5) is 6.99. The minimum absolute atomic E-state index is 0. The van der Waals surface area contributed by atoms with E-state index in [-0.39, 0.29) is 47.2 Å². The molecule has 0 saturated heterocycles. The SMILES string of the molecule is Cc1cccc(C)c1NCCN(CCNc1c(C)cccc1C)Cc1ccccn1.[Au].[Cl-].[Cl-]. The number of rotatable bonds is 10. The van der Waals surface area contributed by atoms with Crippen LogP contribution in [-0.4, -0.2) is 36.1 Å². The second kappa shape index (κ2) is 16.2. The molecule has 1 radical (unpaired) electrons. The zero-order valence-corrected chi connectivity index (χ0v) is 23.4. The first-order valence-corrected chi connectivity index (χ1v) is 10.8. The van der Waals surface area contributed by atoms with Crippen LogP contribution in [0.4, 0.5) is 11.4 Å². The Morgan fingerprint density at radius 2 is 1.12 bits per heavy atom. The molecule has 2 N–H and O–H groups in total. The standard InChI is InChI=1S/C26H34N4.Au.2ClH/c1-20-9-7-10-21(2)25(20)28-15-17-30(19-24-13-5-6-14-27-24)18-16-29-26-22(3)11-8-12-23(26)4;;;/h5-14,28-29H,15-19H2,1-4H3;;2*1H/p-2. The summed E-state index contributed by atoms with van der Waals surface area (Å²) >= 11 is 0. The van der Waals surface area contributed by atoms with E-state index in [4.69, 9.17) is 0 Å². The Morgan fingerprint density at radius 3 is 1.52 bits per heavy atom. The van der Waals surface area contributed by atoms with Gasteiger partial charge in [-0.1, -0.05) is 42.5 Å². The van der Waals surface area contributed by atoms with Gasteiger partial charge in [0.25, 0.3) is 0 Å². The molecule has 0 atom stereocenters. The molecule has 0 bridgehead atoms. The van der Waals surface area contributed by atoms with Gasteiger partial charge in [-0.15, -0.1) is 0 Å². The summed E-state index contributed by atoms with van der Waals surface area (Å²) < 4.78 is 0. The van der Waals surface area contributed by atoms with Gasteiger partial charge in [-0.05, 0) is 62.1 Å². The van der Waals surface area contributed by atoms with E-state index in [0.29, 0.717) is 0 Å². The molecule has 0 aliphatic carbocycles. The molecule has 0 aliphatic heterocycles. The van der Waals surface area contributed by atoms with Crippen molar-refractivity contribution in [3.8, 4) is 0 Å². The number of nitrogens with one attached hydrogen (secondary N) is 2. The molecule has 2 aromatic carbocycles. The maximum atomic E-state index is 4.53. The van der Waals surface area contributed by atoms with E-state index in [1.54, 1.807) is 0 Å². The number of benzene rings is 2. The number of halogens is 2.